The van der Waals surface area contributed by atoms with E-state index in [9.17, 15) is 4.79 Å². The number of carbonyl (C=O) groups excluding carboxylic acids is 1. The molecule has 0 atom stereocenters. The van der Waals surface area contributed by atoms with Gasteiger partial charge in [0, 0.05) is 15.7 Å². The summed E-state index contributed by atoms with van der Waals surface area (Å²) in [7, 11) is 0. The standard InChI is InChI=1S/C12H9BrClNOS/c1-6-5-17-12(10(6)14)11(16)8-3-2-7(15)4-9(8)13/h2-5H,15H2,1H3. The van der Waals surface area contributed by atoms with Crippen LogP contribution in [0.2, 0.25) is 5.02 Å². The molecule has 17 heavy (non-hydrogen) atoms. The molecular formula is C12H9BrClNOS. The molecule has 0 unspecified atom stereocenters. The summed E-state index contributed by atoms with van der Waals surface area (Å²) in [6, 6.07) is 5.11. The third kappa shape index (κ3) is 2.39. The number of ketones is 1. The highest BCUT2D eigenvalue weighted by Crippen LogP contribution is 2.31. The summed E-state index contributed by atoms with van der Waals surface area (Å²) in [6.45, 7) is 1.88. The Hall–Kier alpha value is -0.840. The van der Waals surface area contributed by atoms with Crippen LogP contribution in [0, 0.1) is 6.92 Å². The number of halogens is 2. The minimum absolute atomic E-state index is 0.0834. The molecule has 0 spiro atoms. The Labute approximate surface area is 117 Å². The number of hydrogen-bond donors (Lipinski definition) is 1. The molecule has 88 valence electrons. The van der Waals surface area contributed by atoms with Gasteiger partial charge in [-0.05, 0) is 52.0 Å². The predicted molar refractivity (Wildman–Crippen MR) is 76.1 cm³/mol. The van der Waals surface area contributed by atoms with Gasteiger partial charge in [-0.2, -0.15) is 0 Å². The number of carbonyl (C=O) groups is 1. The van der Waals surface area contributed by atoms with Crippen molar-refractivity contribution in [2.75, 3.05) is 5.73 Å². The molecule has 5 heteroatoms. The van der Waals surface area contributed by atoms with Gasteiger partial charge in [-0.25, -0.2) is 0 Å². The molecule has 0 saturated heterocycles. The van der Waals surface area contributed by atoms with Gasteiger partial charge in [0.25, 0.3) is 0 Å². The molecule has 0 aliphatic heterocycles. The number of benzene rings is 1. The van der Waals surface area contributed by atoms with Gasteiger partial charge < -0.3 is 5.73 Å². The second-order valence-corrected chi connectivity index (χ2v) is 5.74. The summed E-state index contributed by atoms with van der Waals surface area (Å²) in [6.07, 6.45) is 0. The van der Waals surface area contributed by atoms with E-state index in [-0.39, 0.29) is 5.78 Å². The van der Waals surface area contributed by atoms with Crippen molar-refractivity contribution in [3.63, 3.8) is 0 Å². The molecule has 0 aliphatic carbocycles. The van der Waals surface area contributed by atoms with Crippen LogP contribution >= 0.6 is 38.9 Å². The lowest BCUT2D eigenvalue weighted by molar-refractivity contribution is 0.104. The van der Waals surface area contributed by atoms with Gasteiger partial charge in [0.2, 0.25) is 5.78 Å². The van der Waals surface area contributed by atoms with Crippen molar-refractivity contribution in [3.8, 4) is 0 Å². The third-order valence-electron chi connectivity index (χ3n) is 2.34. The number of thiophene rings is 1. The van der Waals surface area contributed by atoms with E-state index in [4.69, 9.17) is 17.3 Å². The summed E-state index contributed by atoms with van der Waals surface area (Å²) in [4.78, 5) is 12.8. The zero-order valence-electron chi connectivity index (χ0n) is 8.96. The lowest BCUT2D eigenvalue weighted by Gasteiger charge is -2.03. The Morgan fingerprint density at radius 3 is 2.71 bits per heavy atom. The van der Waals surface area contributed by atoms with Crippen LogP contribution in [-0.4, -0.2) is 5.78 Å². The maximum Gasteiger partial charge on any atom is 0.205 e. The molecule has 1 aromatic carbocycles. The van der Waals surface area contributed by atoms with E-state index in [1.165, 1.54) is 11.3 Å². The number of nitrogen functional groups attached to an aromatic ring is 1. The van der Waals surface area contributed by atoms with Crippen molar-refractivity contribution in [2.45, 2.75) is 6.92 Å². The van der Waals surface area contributed by atoms with Gasteiger partial charge in [0.05, 0.1) is 9.90 Å². The number of nitrogens with two attached hydrogens (primary N) is 1. The summed E-state index contributed by atoms with van der Waals surface area (Å²) in [5.74, 6) is -0.0834. The van der Waals surface area contributed by atoms with Crippen molar-refractivity contribution >= 4 is 50.3 Å². The van der Waals surface area contributed by atoms with Gasteiger partial charge in [0.15, 0.2) is 0 Å². The van der Waals surface area contributed by atoms with Crippen LogP contribution in [0.5, 0.6) is 0 Å². The van der Waals surface area contributed by atoms with Crippen LogP contribution < -0.4 is 5.73 Å². The Balaban J connectivity index is 2.47. The zero-order chi connectivity index (χ0) is 12.6. The maximum absolute atomic E-state index is 12.3. The quantitative estimate of drug-likeness (QED) is 0.659. The number of anilines is 1. The molecule has 0 fully saturated rings. The monoisotopic (exact) mass is 329 g/mol. The smallest absolute Gasteiger partial charge is 0.205 e. The molecule has 0 radical (unpaired) electrons. The van der Waals surface area contributed by atoms with E-state index in [1.54, 1.807) is 18.2 Å². The number of aryl methyl sites for hydroxylation is 1. The van der Waals surface area contributed by atoms with Gasteiger partial charge >= 0.3 is 0 Å². The molecule has 0 bridgehead atoms. The first-order chi connectivity index (χ1) is 8.00. The van der Waals surface area contributed by atoms with Crippen molar-refractivity contribution in [1.29, 1.82) is 0 Å². The fourth-order valence-corrected chi connectivity index (χ4v) is 3.23. The minimum Gasteiger partial charge on any atom is -0.399 e. The molecular weight excluding hydrogens is 322 g/mol. The zero-order valence-corrected chi connectivity index (χ0v) is 12.1. The largest absolute Gasteiger partial charge is 0.399 e. The van der Waals surface area contributed by atoms with Gasteiger partial charge in [0.1, 0.15) is 0 Å². The lowest BCUT2D eigenvalue weighted by atomic mass is 10.1. The highest BCUT2D eigenvalue weighted by Gasteiger charge is 2.18. The van der Waals surface area contributed by atoms with Gasteiger partial charge in [-0.15, -0.1) is 11.3 Å². The van der Waals surface area contributed by atoms with E-state index < -0.39 is 0 Å². The predicted octanol–water partition coefficient (Wildman–Crippen LogP) is 4.29. The summed E-state index contributed by atoms with van der Waals surface area (Å²) < 4.78 is 0.685. The molecule has 0 aliphatic rings. The Kier molecular flexibility index (Phi) is 3.56. The Morgan fingerprint density at radius 1 is 1.47 bits per heavy atom. The fraction of sp³-hybridized carbons (Fsp3) is 0.0833. The minimum atomic E-state index is -0.0834. The highest BCUT2D eigenvalue weighted by atomic mass is 79.9. The van der Waals surface area contributed by atoms with Crippen LogP contribution in [0.4, 0.5) is 5.69 Å². The molecule has 2 N–H and O–H groups in total. The topological polar surface area (TPSA) is 43.1 Å². The molecule has 2 nitrogen and oxygen atoms in total. The third-order valence-corrected chi connectivity index (χ3v) is 4.69. The molecule has 2 rings (SSSR count). The molecule has 2 aromatic rings. The first kappa shape index (κ1) is 12.6. The fourth-order valence-electron chi connectivity index (χ4n) is 1.42. The van der Waals surface area contributed by atoms with Crippen molar-refractivity contribution in [2.24, 2.45) is 0 Å². The molecule has 1 aromatic heterocycles. The average Bonchev–Trinajstić information content (AvgIpc) is 2.59. The molecule has 0 amide bonds. The molecule has 0 saturated carbocycles. The second-order valence-electron chi connectivity index (χ2n) is 3.63. The number of rotatable bonds is 2. The van der Waals surface area contributed by atoms with Crippen molar-refractivity contribution in [3.05, 3.63) is 49.1 Å². The van der Waals surface area contributed by atoms with Crippen molar-refractivity contribution < 1.29 is 4.79 Å². The molecule has 1 heterocycles. The Morgan fingerprint density at radius 2 is 2.18 bits per heavy atom. The van der Waals surface area contributed by atoms with Crippen LogP contribution in [-0.2, 0) is 0 Å². The van der Waals surface area contributed by atoms with E-state index in [0.717, 1.165) is 5.56 Å². The van der Waals surface area contributed by atoms with Crippen LogP contribution in [0.3, 0.4) is 0 Å². The lowest BCUT2D eigenvalue weighted by Crippen LogP contribution is -2.01. The van der Waals surface area contributed by atoms with E-state index >= 15 is 0 Å². The van der Waals surface area contributed by atoms with Gasteiger partial charge in [-0.3, -0.25) is 4.79 Å². The normalized spacial score (nSPS) is 10.5. The SMILES string of the molecule is Cc1csc(C(=O)c2ccc(N)cc2Br)c1Cl. The van der Waals surface area contributed by atoms with Gasteiger partial charge in [-0.1, -0.05) is 11.6 Å². The maximum atomic E-state index is 12.3. The van der Waals surface area contributed by atoms with Crippen LogP contribution in [0.25, 0.3) is 0 Å². The van der Waals surface area contributed by atoms with Crippen LogP contribution in [0.1, 0.15) is 20.8 Å². The van der Waals surface area contributed by atoms with Crippen molar-refractivity contribution in [1.82, 2.24) is 0 Å². The van der Waals surface area contributed by atoms with E-state index in [1.807, 2.05) is 12.3 Å². The number of hydrogen-bond acceptors (Lipinski definition) is 3. The average molecular weight is 331 g/mol. The summed E-state index contributed by atoms with van der Waals surface area (Å²) in [5.41, 5.74) is 7.74. The summed E-state index contributed by atoms with van der Waals surface area (Å²) in [5, 5.41) is 2.41. The highest BCUT2D eigenvalue weighted by molar-refractivity contribution is 9.10. The Bertz CT molecular complexity index is 594. The van der Waals surface area contributed by atoms with Crippen LogP contribution in [0.15, 0.2) is 28.1 Å². The van der Waals surface area contributed by atoms with E-state index in [2.05, 4.69) is 15.9 Å². The first-order valence-electron chi connectivity index (χ1n) is 4.84. The van der Waals surface area contributed by atoms with E-state index in [0.29, 0.717) is 25.6 Å². The summed E-state index contributed by atoms with van der Waals surface area (Å²) >= 11 is 10.8. The second kappa shape index (κ2) is 4.80. The first-order valence-corrected chi connectivity index (χ1v) is 6.89.